The molecule has 0 atom stereocenters. The van der Waals surface area contributed by atoms with Crippen molar-refractivity contribution in [2.75, 3.05) is 18.2 Å². The molecule has 1 amide bonds. The molecule has 2 aromatic heterocycles. The molecule has 0 saturated heterocycles. The number of carbonyl (C=O) groups is 1. The number of methoxy groups -OCH3 is 1. The number of hydrogen-bond donors (Lipinski definition) is 1. The van der Waals surface area contributed by atoms with E-state index in [1.807, 2.05) is 84.6 Å². The third kappa shape index (κ3) is 4.63. The smallest absolute Gasteiger partial charge is 0.234 e. The highest BCUT2D eigenvalue weighted by Gasteiger charge is 2.19. The number of amides is 1. The van der Waals surface area contributed by atoms with E-state index in [0.29, 0.717) is 17.5 Å². The van der Waals surface area contributed by atoms with E-state index in [4.69, 9.17) is 4.74 Å². The van der Waals surface area contributed by atoms with E-state index in [2.05, 4.69) is 20.6 Å². The monoisotopic (exact) mass is 462 g/mol. The number of benzene rings is 2. The summed E-state index contributed by atoms with van der Waals surface area (Å²) in [6.45, 7) is 6.54. The first kappa shape index (κ1) is 22.6. The number of rotatable bonds is 8. The Morgan fingerprint density at radius 3 is 2.52 bits per heavy atom. The minimum absolute atomic E-state index is 0.122. The van der Waals surface area contributed by atoms with Gasteiger partial charge in [0.25, 0.3) is 0 Å². The van der Waals surface area contributed by atoms with Crippen molar-refractivity contribution in [1.82, 2.24) is 24.5 Å². The fourth-order valence-corrected chi connectivity index (χ4v) is 4.46. The van der Waals surface area contributed by atoms with Crippen LogP contribution in [0.2, 0.25) is 0 Å². The summed E-state index contributed by atoms with van der Waals surface area (Å²) in [7, 11) is 1.63. The number of thioether (sulfide) groups is 1. The van der Waals surface area contributed by atoms with Crippen LogP contribution in [0.3, 0.4) is 0 Å². The zero-order chi connectivity index (χ0) is 23.4. The third-order valence-electron chi connectivity index (χ3n) is 5.27. The first-order chi connectivity index (χ1) is 16.0. The summed E-state index contributed by atoms with van der Waals surface area (Å²) in [5.41, 5.74) is 4.20. The van der Waals surface area contributed by atoms with Gasteiger partial charge in [0.1, 0.15) is 5.75 Å². The van der Waals surface area contributed by atoms with E-state index in [-0.39, 0.29) is 11.7 Å². The lowest BCUT2D eigenvalue weighted by atomic mass is 10.2. The van der Waals surface area contributed by atoms with Crippen LogP contribution in [0.15, 0.2) is 59.8 Å². The summed E-state index contributed by atoms with van der Waals surface area (Å²) in [5.74, 6) is 1.53. The normalized spacial score (nSPS) is 10.9. The molecule has 1 N–H and O–H groups in total. The zero-order valence-electron chi connectivity index (χ0n) is 19.1. The summed E-state index contributed by atoms with van der Waals surface area (Å²) in [6.07, 6.45) is 0. The van der Waals surface area contributed by atoms with Gasteiger partial charge in [-0.3, -0.25) is 4.79 Å². The number of aryl methyl sites for hydroxylation is 1. The molecule has 2 heterocycles. The van der Waals surface area contributed by atoms with Crippen LogP contribution in [0.4, 0.5) is 5.69 Å². The first-order valence-electron chi connectivity index (χ1n) is 10.6. The molecule has 0 unspecified atom stereocenters. The molecule has 0 aliphatic heterocycles. The standard InChI is InChI=1S/C24H26N6O2S/c1-5-29-23(19-13-9-10-14-20(19)32-4)26-27-24(29)33-15-21(31)25-22-16(2)28-30(17(22)3)18-11-7-6-8-12-18/h6-14H,5,15H2,1-4H3,(H,25,31). The fraction of sp³-hybridized carbons (Fsp3) is 0.250. The minimum Gasteiger partial charge on any atom is -0.496 e. The highest BCUT2D eigenvalue weighted by atomic mass is 32.2. The SMILES string of the molecule is CCn1c(SCC(=O)Nc2c(C)nn(-c3ccccc3)c2C)nnc1-c1ccccc1OC. The minimum atomic E-state index is -0.122. The highest BCUT2D eigenvalue weighted by Crippen LogP contribution is 2.31. The van der Waals surface area contributed by atoms with Crippen LogP contribution in [-0.2, 0) is 11.3 Å². The van der Waals surface area contributed by atoms with Gasteiger partial charge in [-0.1, -0.05) is 42.1 Å². The van der Waals surface area contributed by atoms with Crippen LogP contribution in [0.1, 0.15) is 18.3 Å². The Bertz CT molecular complexity index is 1270. The predicted molar refractivity (Wildman–Crippen MR) is 130 cm³/mol. The maximum Gasteiger partial charge on any atom is 0.234 e. The number of hydrogen-bond acceptors (Lipinski definition) is 6. The molecule has 0 aliphatic carbocycles. The van der Waals surface area contributed by atoms with Gasteiger partial charge in [0.2, 0.25) is 5.91 Å². The van der Waals surface area contributed by atoms with Crippen LogP contribution in [0.5, 0.6) is 5.75 Å². The number of anilines is 1. The van der Waals surface area contributed by atoms with Crippen molar-refractivity contribution in [2.45, 2.75) is 32.5 Å². The summed E-state index contributed by atoms with van der Waals surface area (Å²) in [6, 6.07) is 17.6. The van der Waals surface area contributed by atoms with E-state index in [0.717, 1.165) is 34.1 Å². The second-order valence-electron chi connectivity index (χ2n) is 7.38. The maximum absolute atomic E-state index is 12.8. The van der Waals surface area contributed by atoms with Crippen LogP contribution in [0, 0.1) is 13.8 Å². The molecule has 4 aromatic rings. The fourth-order valence-electron chi connectivity index (χ4n) is 3.66. The molecule has 2 aromatic carbocycles. The van der Waals surface area contributed by atoms with E-state index < -0.39 is 0 Å². The maximum atomic E-state index is 12.8. The number of ether oxygens (including phenoxy) is 1. The highest BCUT2D eigenvalue weighted by molar-refractivity contribution is 7.99. The van der Waals surface area contributed by atoms with Crippen LogP contribution >= 0.6 is 11.8 Å². The molecule has 8 nitrogen and oxygen atoms in total. The molecule has 33 heavy (non-hydrogen) atoms. The molecule has 0 spiro atoms. The van der Waals surface area contributed by atoms with Crippen LogP contribution in [0.25, 0.3) is 17.1 Å². The molecule has 0 aliphatic rings. The second kappa shape index (κ2) is 9.91. The van der Waals surface area contributed by atoms with Gasteiger partial charge in [-0.15, -0.1) is 10.2 Å². The molecule has 0 radical (unpaired) electrons. The van der Waals surface area contributed by atoms with Crippen LogP contribution < -0.4 is 10.1 Å². The summed E-state index contributed by atoms with van der Waals surface area (Å²) in [4.78, 5) is 12.8. The van der Waals surface area contributed by atoms with Crippen molar-refractivity contribution in [3.8, 4) is 22.8 Å². The topological polar surface area (TPSA) is 86.9 Å². The van der Waals surface area contributed by atoms with Gasteiger partial charge in [0.05, 0.1) is 41.2 Å². The molecular weight excluding hydrogens is 436 g/mol. The molecule has 0 bridgehead atoms. The Kier molecular flexibility index (Phi) is 6.79. The van der Waals surface area contributed by atoms with E-state index in [1.165, 1.54) is 11.8 Å². The lowest BCUT2D eigenvalue weighted by Gasteiger charge is -2.10. The number of para-hydroxylation sites is 2. The van der Waals surface area contributed by atoms with E-state index in [9.17, 15) is 4.79 Å². The Hall–Kier alpha value is -3.59. The average Bonchev–Trinajstić information content (AvgIpc) is 3.38. The molecule has 170 valence electrons. The van der Waals surface area contributed by atoms with Crippen molar-refractivity contribution in [2.24, 2.45) is 0 Å². The van der Waals surface area contributed by atoms with Crippen molar-refractivity contribution < 1.29 is 9.53 Å². The Morgan fingerprint density at radius 1 is 1.06 bits per heavy atom. The van der Waals surface area contributed by atoms with Gasteiger partial charge in [-0.05, 0) is 45.0 Å². The van der Waals surface area contributed by atoms with Gasteiger partial charge in [0, 0.05) is 6.54 Å². The Labute approximate surface area is 197 Å². The Morgan fingerprint density at radius 2 is 1.79 bits per heavy atom. The first-order valence-corrected chi connectivity index (χ1v) is 11.6. The average molecular weight is 463 g/mol. The van der Waals surface area contributed by atoms with E-state index in [1.54, 1.807) is 7.11 Å². The summed E-state index contributed by atoms with van der Waals surface area (Å²) in [5, 5.41) is 17.0. The lowest BCUT2D eigenvalue weighted by Crippen LogP contribution is -2.16. The van der Waals surface area contributed by atoms with Crippen molar-refractivity contribution in [1.29, 1.82) is 0 Å². The van der Waals surface area contributed by atoms with Gasteiger partial charge < -0.3 is 14.6 Å². The number of aromatic nitrogens is 5. The molecule has 0 fully saturated rings. The van der Waals surface area contributed by atoms with Gasteiger partial charge >= 0.3 is 0 Å². The Balaban J connectivity index is 1.48. The second-order valence-corrected chi connectivity index (χ2v) is 8.32. The number of nitrogens with one attached hydrogen (secondary N) is 1. The summed E-state index contributed by atoms with van der Waals surface area (Å²) < 4.78 is 9.29. The quantitative estimate of drug-likeness (QED) is 0.388. The largest absolute Gasteiger partial charge is 0.496 e. The predicted octanol–water partition coefficient (Wildman–Crippen LogP) is 4.51. The molecule has 0 saturated carbocycles. The molecular formula is C24H26N6O2S. The van der Waals surface area contributed by atoms with Gasteiger partial charge in [0.15, 0.2) is 11.0 Å². The summed E-state index contributed by atoms with van der Waals surface area (Å²) >= 11 is 1.35. The van der Waals surface area contributed by atoms with Crippen molar-refractivity contribution >= 4 is 23.4 Å². The van der Waals surface area contributed by atoms with Crippen molar-refractivity contribution in [3.05, 3.63) is 66.0 Å². The molecule has 9 heteroatoms. The number of nitrogens with zero attached hydrogens (tertiary/aromatic N) is 5. The van der Waals surface area contributed by atoms with Gasteiger partial charge in [-0.2, -0.15) is 5.10 Å². The number of carbonyl (C=O) groups excluding carboxylic acids is 1. The third-order valence-corrected chi connectivity index (χ3v) is 6.24. The van der Waals surface area contributed by atoms with Crippen molar-refractivity contribution in [3.63, 3.8) is 0 Å². The zero-order valence-corrected chi connectivity index (χ0v) is 19.9. The molecule has 4 rings (SSSR count). The van der Waals surface area contributed by atoms with Crippen LogP contribution in [-0.4, -0.2) is 43.3 Å². The van der Waals surface area contributed by atoms with E-state index >= 15 is 0 Å². The lowest BCUT2D eigenvalue weighted by molar-refractivity contribution is -0.113. The van der Waals surface area contributed by atoms with Gasteiger partial charge in [-0.25, -0.2) is 4.68 Å².